The van der Waals surface area contributed by atoms with E-state index in [0.29, 0.717) is 11.5 Å². The zero-order valence-electron chi connectivity index (χ0n) is 20.9. The number of aliphatic imine (C=N–C) groups is 1. The van der Waals surface area contributed by atoms with Gasteiger partial charge in [-0.2, -0.15) is 9.61 Å². The maximum absolute atomic E-state index is 6.25. The van der Waals surface area contributed by atoms with Crippen molar-refractivity contribution < 1.29 is 4.74 Å². The van der Waals surface area contributed by atoms with Crippen molar-refractivity contribution in [2.45, 2.75) is 46.5 Å². The molecule has 0 bridgehead atoms. The second kappa shape index (κ2) is 17.9. The van der Waals surface area contributed by atoms with Crippen molar-refractivity contribution in [3.8, 4) is 0 Å². The van der Waals surface area contributed by atoms with Gasteiger partial charge in [0.05, 0.1) is 16.4 Å². The average molecular weight is 532 g/mol. The molecule has 1 aliphatic rings. The Morgan fingerprint density at radius 2 is 2.03 bits per heavy atom. The Balaban J connectivity index is 0.000000615. The highest BCUT2D eigenvalue weighted by atomic mass is 79.9. The van der Waals surface area contributed by atoms with Gasteiger partial charge in [0.1, 0.15) is 5.82 Å². The van der Waals surface area contributed by atoms with Gasteiger partial charge >= 0.3 is 0 Å². The van der Waals surface area contributed by atoms with Gasteiger partial charge in [-0.05, 0) is 49.2 Å². The molecule has 2 aromatic rings. The number of nitrogens with one attached hydrogen (secondary N) is 1. The SMILES string of the molecule is C1CCOCC1.C=C/C=C/C=C(\C=N\C=C\C)c1cnn2c(N)c(Br)c(CCNC)nc12.CC. The number of likely N-dealkylation sites (N-methyl/N-ethyl adjacent to an activating group) is 1. The minimum atomic E-state index is 0.527. The normalized spacial score (nSPS) is 14.3. The molecule has 0 atom stereocenters. The molecule has 1 aliphatic heterocycles. The molecular weight excluding hydrogens is 492 g/mol. The first-order chi connectivity index (χ1) is 16.6. The van der Waals surface area contributed by atoms with E-state index in [-0.39, 0.29) is 0 Å². The van der Waals surface area contributed by atoms with Crippen LogP contribution in [0.15, 0.2) is 58.8 Å². The third kappa shape index (κ3) is 9.37. The fraction of sp³-hybridized carbons (Fsp3) is 0.423. The largest absolute Gasteiger partial charge is 0.383 e. The van der Waals surface area contributed by atoms with E-state index in [1.807, 2.05) is 52.1 Å². The first-order valence-electron chi connectivity index (χ1n) is 11.8. The summed E-state index contributed by atoms with van der Waals surface area (Å²) in [6, 6.07) is 0. The zero-order chi connectivity index (χ0) is 25.2. The number of allylic oxidation sites excluding steroid dienone is 6. The second-order valence-corrected chi connectivity index (χ2v) is 7.87. The van der Waals surface area contributed by atoms with Crippen LogP contribution in [0.2, 0.25) is 0 Å². The van der Waals surface area contributed by atoms with Gasteiger partial charge in [-0.1, -0.05) is 50.8 Å². The lowest BCUT2D eigenvalue weighted by Crippen LogP contribution is -2.13. The molecule has 0 unspecified atom stereocenters. The van der Waals surface area contributed by atoms with E-state index in [1.165, 1.54) is 19.3 Å². The summed E-state index contributed by atoms with van der Waals surface area (Å²) in [5, 5.41) is 7.52. The number of hydrogen-bond acceptors (Lipinski definition) is 6. The number of halogens is 1. The van der Waals surface area contributed by atoms with Crippen LogP contribution in [0.4, 0.5) is 5.82 Å². The lowest BCUT2D eigenvalue weighted by atomic mass is 10.1. The molecule has 3 rings (SSSR count). The quantitative estimate of drug-likeness (QED) is 0.333. The van der Waals surface area contributed by atoms with E-state index >= 15 is 0 Å². The van der Waals surface area contributed by atoms with Crippen LogP contribution < -0.4 is 11.1 Å². The summed E-state index contributed by atoms with van der Waals surface area (Å²) >= 11 is 3.53. The van der Waals surface area contributed by atoms with Crippen LogP contribution in [0.25, 0.3) is 11.2 Å². The van der Waals surface area contributed by atoms with E-state index in [2.05, 4.69) is 37.9 Å². The van der Waals surface area contributed by atoms with E-state index in [1.54, 1.807) is 29.2 Å². The molecular formula is C26H39BrN6O. The molecule has 0 saturated carbocycles. The first-order valence-corrected chi connectivity index (χ1v) is 12.6. The first kappa shape index (κ1) is 29.5. The molecule has 186 valence electrons. The van der Waals surface area contributed by atoms with Crippen molar-refractivity contribution in [1.29, 1.82) is 0 Å². The summed E-state index contributed by atoms with van der Waals surface area (Å²) < 4.78 is 7.48. The second-order valence-electron chi connectivity index (χ2n) is 7.08. The highest BCUT2D eigenvalue weighted by molar-refractivity contribution is 9.10. The molecule has 0 aliphatic carbocycles. The van der Waals surface area contributed by atoms with Crippen molar-refractivity contribution in [1.82, 2.24) is 19.9 Å². The predicted octanol–water partition coefficient (Wildman–Crippen LogP) is 5.78. The molecule has 8 heteroatoms. The third-order valence-electron chi connectivity index (χ3n) is 4.66. The number of anilines is 1. The molecule has 1 fully saturated rings. The van der Waals surface area contributed by atoms with E-state index in [4.69, 9.17) is 15.5 Å². The Morgan fingerprint density at radius 1 is 1.29 bits per heavy atom. The summed E-state index contributed by atoms with van der Waals surface area (Å²) in [6.45, 7) is 12.4. The Morgan fingerprint density at radius 3 is 2.59 bits per heavy atom. The van der Waals surface area contributed by atoms with Gasteiger partial charge < -0.3 is 15.8 Å². The van der Waals surface area contributed by atoms with Crippen molar-refractivity contribution in [3.05, 3.63) is 65.1 Å². The molecule has 3 heterocycles. The number of ether oxygens (including phenoxy) is 1. The van der Waals surface area contributed by atoms with Gasteiger partial charge in [-0.15, -0.1) is 0 Å². The summed E-state index contributed by atoms with van der Waals surface area (Å²) in [7, 11) is 1.91. The van der Waals surface area contributed by atoms with Gasteiger partial charge in [-0.3, -0.25) is 4.99 Å². The maximum atomic E-state index is 6.25. The highest BCUT2D eigenvalue weighted by Gasteiger charge is 2.16. The van der Waals surface area contributed by atoms with Crippen molar-refractivity contribution in [3.63, 3.8) is 0 Å². The molecule has 34 heavy (non-hydrogen) atoms. The molecule has 1 saturated heterocycles. The van der Waals surface area contributed by atoms with Crippen LogP contribution in [-0.2, 0) is 11.2 Å². The van der Waals surface area contributed by atoms with Gasteiger partial charge in [0.15, 0.2) is 5.65 Å². The molecule has 0 radical (unpaired) electrons. The Labute approximate surface area is 212 Å². The lowest BCUT2D eigenvalue weighted by Gasteiger charge is -2.09. The Bertz CT molecular complexity index is 975. The molecule has 7 nitrogen and oxygen atoms in total. The molecule has 0 amide bonds. The van der Waals surface area contributed by atoms with Gasteiger partial charge in [0.25, 0.3) is 0 Å². The number of nitrogens with zero attached hydrogens (tertiary/aromatic N) is 4. The predicted molar refractivity (Wildman–Crippen MR) is 149 cm³/mol. The molecule has 0 aromatic carbocycles. The van der Waals surface area contributed by atoms with Crippen LogP contribution in [-0.4, -0.2) is 47.6 Å². The number of fused-ring (bicyclic) bond motifs is 1. The van der Waals surface area contributed by atoms with Crippen molar-refractivity contribution in [2.24, 2.45) is 4.99 Å². The van der Waals surface area contributed by atoms with Gasteiger partial charge in [0, 0.05) is 49.7 Å². The minimum Gasteiger partial charge on any atom is -0.383 e. The van der Waals surface area contributed by atoms with Crippen LogP contribution in [0.3, 0.4) is 0 Å². The summed E-state index contributed by atoms with van der Waals surface area (Å²) in [5.74, 6) is 0.527. The number of aromatic nitrogens is 3. The third-order valence-corrected chi connectivity index (χ3v) is 5.53. The maximum Gasteiger partial charge on any atom is 0.165 e. The van der Waals surface area contributed by atoms with Gasteiger partial charge in [-0.25, -0.2) is 4.98 Å². The molecule has 3 N–H and O–H groups in total. The van der Waals surface area contributed by atoms with E-state index in [0.717, 1.165) is 47.5 Å². The fourth-order valence-electron chi connectivity index (χ4n) is 2.99. The van der Waals surface area contributed by atoms with Crippen LogP contribution in [0, 0.1) is 0 Å². The van der Waals surface area contributed by atoms with Crippen molar-refractivity contribution in [2.75, 3.05) is 32.5 Å². The standard InChI is InChI=1S/C19H23BrN6.C5H10O.C2H6/c1-4-6-7-8-14(12-23-10-5-2)15-13-24-26-18(21)17(20)16(9-11-22-3)25-19(15)26;1-2-4-6-5-3-1;1-2/h4-8,10,12-13,22H,1,9,11,21H2,2-3H3;1-5H2;1-2H3/b7-6+,10-5+,14-8+,23-12+;;. The Hall–Kier alpha value is -2.55. The molecule has 2 aromatic heterocycles. The number of nitrogen functional groups attached to an aromatic ring is 1. The van der Waals surface area contributed by atoms with E-state index < -0.39 is 0 Å². The van der Waals surface area contributed by atoms with E-state index in [9.17, 15) is 0 Å². The minimum absolute atomic E-state index is 0.527. The highest BCUT2D eigenvalue weighted by Crippen LogP contribution is 2.27. The zero-order valence-corrected chi connectivity index (χ0v) is 22.5. The Kier molecular flexibility index (Phi) is 15.5. The van der Waals surface area contributed by atoms with Gasteiger partial charge in [0.2, 0.25) is 0 Å². The van der Waals surface area contributed by atoms with Crippen LogP contribution in [0.1, 0.15) is 51.3 Å². The summed E-state index contributed by atoms with van der Waals surface area (Å²) in [5.41, 5.74) is 9.57. The van der Waals surface area contributed by atoms with Crippen LogP contribution in [0.5, 0.6) is 0 Å². The number of rotatable bonds is 8. The van der Waals surface area contributed by atoms with Crippen LogP contribution >= 0.6 is 15.9 Å². The topological polar surface area (TPSA) is 89.8 Å². The number of nitrogens with two attached hydrogens (primary N) is 1. The summed E-state index contributed by atoms with van der Waals surface area (Å²) in [6.07, 6.45) is 19.2. The van der Waals surface area contributed by atoms with Crippen molar-refractivity contribution >= 4 is 39.2 Å². The monoisotopic (exact) mass is 530 g/mol. The summed E-state index contributed by atoms with van der Waals surface area (Å²) in [4.78, 5) is 9.07. The molecule has 0 spiro atoms. The number of hydrogen-bond donors (Lipinski definition) is 2. The lowest BCUT2D eigenvalue weighted by molar-refractivity contribution is 0.0968. The fourth-order valence-corrected chi connectivity index (χ4v) is 3.45. The average Bonchev–Trinajstić information content (AvgIpc) is 3.31. The smallest absolute Gasteiger partial charge is 0.165 e.